The number of hydrogen-bond donors (Lipinski definition) is 0. The molecule has 0 N–H and O–H groups in total. The zero-order valence-corrected chi connectivity index (χ0v) is 11.2. The van der Waals surface area contributed by atoms with Gasteiger partial charge in [-0.25, -0.2) is 0 Å². The van der Waals surface area contributed by atoms with E-state index in [2.05, 4.69) is 0 Å². The number of fused-ring (bicyclic) bond motifs is 2. The first-order valence-electron chi connectivity index (χ1n) is 6.99. The van der Waals surface area contributed by atoms with Gasteiger partial charge in [-0.2, -0.15) is 0 Å². The molecule has 0 radical (unpaired) electrons. The molecule has 1 aromatic rings. The molecule has 1 aromatic carbocycles. The van der Waals surface area contributed by atoms with E-state index >= 15 is 0 Å². The number of likely N-dealkylation sites (tertiary alicyclic amines) is 1. The third-order valence-electron chi connectivity index (χ3n) is 4.29. The molecule has 2 atom stereocenters. The van der Waals surface area contributed by atoms with Crippen molar-refractivity contribution in [1.82, 2.24) is 4.90 Å². The highest BCUT2D eigenvalue weighted by molar-refractivity contribution is 6.14. The van der Waals surface area contributed by atoms with Crippen LogP contribution in [-0.2, 0) is 25.7 Å². The molecule has 1 fully saturated rings. The molecule has 1 saturated heterocycles. The maximum Gasteiger partial charge on any atom is 0.271 e. The van der Waals surface area contributed by atoms with E-state index in [1.54, 1.807) is 0 Å². The average Bonchev–Trinajstić information content (AvgIpc) is 3.10. The quantitative estimate of drug-likeness (QED) is 0.765. The predicted octanol–water partition coefficient (Wildman–Crippen LogP) is 1.19. The van der Waals surface area contributed by atoms with Crippen molar-refractivity contribution in [2.45, 2.75) is 25.5 Å². The molecule has 2 heterocycles. The van der Waals surface area contributed by atoms with Crippen LogP contribution in [0.3, 0.4) is 0 Å². The number of ketones is 1. The van der Waals surface area contributed by atoms with Crippen LogP contribution in [0.1, 0.15) is 18.4 Å². The van der Waals surface area contributed by atoms with Gasteiger partial charge in [0.2, 0.25) is 5.91 Å². The third-order valence-corrected chi connectivity index (χ3v) is 4.29. The van der Waals surface area contributed by atoms with E-state index in [-0.39, 0.29) is 24.1 Å². The Morgan fingerprint density at radius 3 is 2.57 bits per heavy atom. The molecular formula is C16H13NO4. The Balaban J connectivity index is 1.64. The van der Waals surface area contributed by atoms with Crippen molar-refractivity contribution >= 4 is 17.6 Å². The lowest BCUT2D eigenvalue weighted by atomic mass is 9.95. The summed E-state index contributed by atoms with van der Waals surface area (Å²) in [4.78, 5) is 38.0. The molecule has 21 heavy (non-hydrogen) atoms. The summed E-state index contributed by atoms with van der Waals surface area (Å²) < 4.78 is 5.58. The minimum Gasteiger partial charge on any atom is -0.483 e. The molecule has 0 aromatic heterocycles. The van der Waals surface area contributed by atoms with E-state index in [0.717, 1.165) is 5.56 Å². The normalized spacial score (nSPS) is 27.2. The first kappa shape index (κ1) is 12.3. The fourth-order valence-electron chi connectivity index (χ4n) is 3.29. The Morgan fingerprint density at radius 1 is 1.05 bits per heavy atom. The van der Waals surface area contributed by atoms with Crippen molar-refractivity contribution in [2.24, 2.45) is 5.92 Å². The van der Waals surface area contributed by atoms with Crippen LogP contribution in [0.25, 0.3) is 0 Å². The predicted molar refractivity (Wildman–Crippen MR) is 71.6 cm³/mol. The zero-order chi connectivity index (χ0) is 14.6. The highest BCUT2D eigenvalue weighted by Gasteiger charge is 2.58. The van der Waals surface area contributed by atoms with E-state index in [0.29, 0.717) is 24.2 Å². The molecule has 0 unspecified atom stereocenters. The largest absolute Gasteiger partial charge is 0.483 e. The maximum absolute atomic E-state index is 12.5. The van der Waals surface area contributed by atoms with Gasteiger partial charge in [0.05, 0.1) is 6.54 Å². The van der Waals surface area contributed by atoms with Crippen LogP contribution in [-0.4, -0.2) is 28.6 Å². The summed E-state index contributed by atoms with van der Waals surface area (Å²) in [6.45, 7) is 0.228. The summed E-state index contributed by atoms with van der Waals surface area (Å²) in [5.41, 5.74) is 1.32. The lowest BCUT2D eigenvalue weighted by Gasteiger charge is -2.15. The number of benzene rings is 1. The van der Waals surface area contributed by atoms with Crippen LogP contribution in [0.4, 0.5) is 0 Å². The second kappa shape index (κ2) is 4.28. The highest BCUT2D eigenvalue weighted by Crippen LogP contribution is 2.44. The SMILES string of the molecule is O=C1CCC2=C1[C@H]1C(=O)N(Cc3ccccc3)C(=O)[C@H]1O2. The first-order valence-corrected chi connectivity index (χ1v) is 6.99. The van der Waals surface area contributed by atoms with E-state index in [9.17, 15) is 14.4 Å². The average molecular weight is 283 g/mol. The van der Waals surface area contributed by atoms with Crippen molar-refractivity contribution in [1.29, 1.82) is 0 Å². The smallest absolute Gasteiger partial charge is 0.271 e. The number of carbonyl (C=O) groups excluding carboxylic acids is 3. The summed E-state index contributed by atoms with van der Waals surface area (Å²) in [5, 5.41) is 0. The summed E-state index contributed by atoms with van der Waals surface area (Å²) in [5.74, 6) is -0.868. The summed E-state index contributed by atoms with van der Waals surface area (Å²) in [6.07, 6.45) is 0.0736. The molecule has 0 saturated carbocycles. The number of amides is 2. The Labute approximate surface area is 121 Å². The standard InChI is InChI=1S/C16H13NO4/c18-10-6-7-11-12(10)13-14(21-11)16(20)17(15(13)19)8-9-4-2-1-3-5-9/h1-5,13-14H,6-8H2/t13-,14+/m1/s1. The second-order valence-electron chi connectivity index (χ2n) is 5.52. The summed E-state index contributed by atoms with van der Waals surface area (Å²) in [7, 11) is 0. The molecular weight excluding hydrogens is 270 g/mol. The van der Waals surface area contributed by atoms with E-state index in [1.165, 1.54) is 4.90 Å². The van der Waals surface area contributed by atoms with Crippen LogP contribution in [0.15, 0.2) is 41.7 Å². The van der Waals surface area contributed by atoms with E-state index < -0.39 is 12.0 Å². The number of hydrogen-bond acceptors (Lipinski definition) is 4. The van der Waals surface area contributed by atoms with Crippen LogP contribution in [0, 0.1) is 5.92 Å². The van der Waals surface area contributed by atoms with Crippen LogP contribution in [0.5, 0.6) is 0 Å². The molecule has 4 rings (SSSR count). The topological polar surface area (TPSA) is 63.7 Å². The minimum atomic E-state index is -0.824. The van der Waals surface area contributed by atoms with Gasteiger partial charge in [0, 0.05) is 18.4 Å². The Hall–Kier alpha value is -2.43. The van der Waals surface area contributed by atoms with Crippen LogP contribution < -0.4 is 0 Å². The van der Waals surface area contributed by atoms with Crippen LogP contribution >= 0.6 is 0 Å². The van der Waals surface area contributed by atoms with Gasteiger partial charge in [-0.15, -0.1) is 0 Å². The Kier molecular flexibility index (Phi) is 2.51. The first-order chi connectivity index (χ1) is 10.2. The van der Waals surface area contributed by atoms with Crippen molar-refractivity contribution in [2.75, 3.05) is 0 Å². The van der Waals surface area contributed by atoms with E-state index in [1.807, 2.05) is 30.3 Å². The molecule has 106 valence electrons. The second-order valence-corrected chi connectivity index (χ2v) is 5.52. The highest BCUT2D eigenvalue weighted by atomic mass is 16.5. The summed E-state index contributed by atoms with van der Waals surface area (Å²) in [6, 6.07) is 9.32. The number of Topliss-reactive ketones (excluding diaryl/α,β-unsaturated/α-hetero) is 1. The van der Waals surface area contributed by atoms with Crippen molar-refractivity contribution < 1.29 is 19.1 Å². The lowest BCUT2D eigenvalue weighted by Crippen LogP contribution is -2.32. The zero-order valence-electron chi connectivity index (χ0n) is 11.2. The van der Waals surface area contributed by atoms with Gasteiger partial charge >= 0.3 is 0 Å². The third kappa shape index (κ3) is 1.67. The molecule has 2 amide bonds. The number of ether oxygens (including phenoxy) is 1. The van der Waals surface area contributed by atoms with Crippen LogP contribution in [0.2, 0.25) is 0 Å². The Bertz CT molecular complexity index is 691. The molecule has 1 aliphatic carbocycles. The number of imide groups is 1. The number of allylic oxidation sites excluding steroid dienone is 1. The minimum absolute atomic E-state index is 0.0554. The van der Waals surface area contributed by atoms with E-state index in [4.69, 9.17) is 4.74 Å². The van der Waals surface area contributed by atoms with Gasteiger partial charge in [-0.3, -0.25) is 19.3 Å². The molecule has 0 spiro atoms. The lowest BCUT2D eigenvalue weighted by molar-refractivity contribution is -0.142. The van der Waals surface area contributed by atoms with Gasteiger partial charge in [0.1, 0.15) is 11.7 Å². The fraction of sp³-hybridized carbons (Fsp3) is 0.312. The molecule has 3 aliphatic rings. The van der Waals surface area contributed by atoms with Gasteiger partial charge < -0.3 is 4.74 Å². The molecule has 5 heteroatoms. The molecule has 2 aliphatic heterocycles. The fourth-order valence-corrected chi connectivity index (χ4v) is 3.29. The Morgan fingerprint density at radius 2 is 1.81 bits per heavy atom. The van der Waals surface area contributed by atoms with Gasteiger partial charge in [0.25, 0.3) is 5.91 Å². The number of nitrogens with zero attached hydrogens (tertiary/aromatic N) is 1. The van der Waals surface area contributed by atoms with Gasteiger partial charge in [-0.1, -0.05) is 30.3 Å². The maximum atomic E-state index is 12.5. The summed E-state index contributed by atoms with van der Waals surface area (Å²) >= 11 is 0. The van der Waals surface area contributed by atoms with Gasteiger partial charge in [-0.05, 0) is 5.56 Å². The monoisotopic (exact) mass is 283 g/mol. The van der Waals surface area contributed by atoms with Crippen molar-refractivity contribution in [3.8, 4) is 0 Å². The number of carbonyl (C=O) groups is 3. The van der Waals surface area contributed by atoms with Gasteiger partial charge in [0.15, 0.2) is 11.9 Å². The van der Waals surface area contributed by atoms with Crippen molar-refractivity contribution in [3.63, 3.8) is 0 Å². The van der Waals surface area contributed by atoms with Crippen molar-refractivity contribution in [3.05, 3.63) is 47.2 Å². The molecule has 0 bridgehead atoms. The number of rotatable bonds is 2. The molecule has 5 nitrogen and oxygen atoms in total.